The van der Waals surface area contributed by atoms with Crippen LogP contribution in [0.2, 0.25) is 0 Å². The first-order valence-corrected chi connectivity index (χ1v) is 11.0. The molecule has 1 fully saturated rings. The van der Waals surface area contributed by atoms with E-state index in [2.05, 4.69) is 50.4 Å². The van der Waals surface area contributed by atoms with Gasteiger partial charge in [-0.05, 0) is 43.7 Å². The first kappa shape index (κ1) is 22.6. The summed E-state index contributed by atoms with van der Waals surface area (Å²) in [5, 5.41) is 3.03. The Kier molecular flexibility index (Phi) is 7.07. The number of hydrogen-bond acceptors (Lipinski definition) is 3. The second-order valence-corrected chi connectivity index (χ2v) is 10.6. The van der Waals surface area contributed by atoms with Gasteiger partial charge >= 0.3 is 6.03 Å². The van der Waals surface area contributed by atoms with Gasteiger partial charge in [-0.15, -0.1) is 11.8 Å². The maximum absolute atomic E-state index is 12.4. The van der Waals surface area contributed by atoms with Gasteiger partial charge in [0.25, 0.3) is 0 Å². The van der Waals surface area contributed by atoms with E-state index in [9.17, 15) is 9.59 Å². The molecule has 0 saturated carbocycles. The van der Waals surface area contributed by atoms with E-state index in [1.165, 1.54) is 11.1 Å². The molecule has 0 aromatic heterocycles. The third-order valence-electron chi connectivity index (χ3n) is 4.75. The van der Waals surface area contributed by atoms with Gasteiger partial charge in [-0.2, -0.15) is 0 Å². The molecule has 1 aromatic carbocycles. The summed E-state index contributed by atoms with van der Waals surface area (Å²) in [5.41, 5.74) is 2.33. The molecule has 5 nitrogen and oxygen atoms in total. The highest BCUT2D eigenvalue weighted by Gasteiger charge is 2.32. The van der Waals surface area contributed by atoms with Crippen molar-refractivity contribution >= 4 is 23.7 Å². The second-order valence-electron chi connectivity index (χ2n) is 9.58. The van der Waals surface area contributed by atoms with Crippen LogP contribution in [-0.4, -0.2) is 53.2 Å². The molecule has 28 heavy (non-hydrogen) atoms. The van der Waals surface area contributed by atoms with Crippen molar-refractivity contribution in [1.29, 1.82) is 0 Å². The molecule has 1 N–H and O–H groups in total. The molecule has 1 atom stereocenters. The van der Waals surface area contributed by atoms with Gasteiger partial charge in [0, 0.05) is 25.7 Å². The van der Waals surface area contributed by atoms with Crippen molar-refractivity contribution in [1.82, 2.24) is 15.1 Å². The number of nitrogens with zero attached hydrogens (tertiary/aromatic N) is 2. The van der Waals surface area contributed by atoms with E-state index in [1.807, 2.05) is 25.7 Å². The van der Waals surface area contributed by atoms with Crippen LogP contribution in [0.3, 0.4) is 0 Å². The Balaban J connectivity index is 1.94. The van der Waals surface area contributed by atoms with Crippen LogP contribution in [0.15, 0.2) is 24.3 Å². The molecule has 1 aliphatic rings. The van der Waals surface area contributed by atoms with Gasteiger partial charge in [0.1, 0.15) is 5.37 Å². The Bertz CT molecular complexity index is 689. The van der Waals surface area contributed by atoms with Crippen LogP contribution in [0.1, 0.15) is 64.5 Å². The molecule has 1 heterocycles. The van der Waals surface area contributed by atoms with Crippen LogP contribution >= 0.6 is 11.8 Å². The Morgan fingerprint density at radius 3 is 2.32 bits per heavy atom. The Morgan fingerprint density at radius 2 is 1.79 bits per heavy atom. The summed E-state index contributed by atoms with van der Waals surface area (Å²) in [6.07, 6.45) is 0.761. The summed E-state index contributed by atoms with van der Waals surface area (Å²) in [5.74, 6) is 0.697. The molecule has 1 aromatic rings. The van der Waals surface area contributed by atoms with Crippen molar-refractivity contribution in [2.75, 3.05) is 25.9 Å². The third-order valence-corrected chi connectivity index (χ3v) is 6.01. The number of nitrogens with one attached hydrogen (secondary N) is 1. The van der Waals surface area contributed by atoms with Crippen molar-refractivity contribution in [2.45, 2.75) is 64.3 Å². The fraction of sp³-hybridized carbons (Fsp3) is 0.636. The number of rotatable bonds is 5. The van der Waals surface area contributed by atoms with E-state index < -0.39 is 0 Å². The zero-order valence-corrected chi connectivity index (χ0v) is 19.2. The van der Waals surface area contributed by atoms with Gasteiger partial charge in [0.05, 0.1) is 5.75 Å². The van der Waals surface area contributed by atoms with E-state index in [0.717, 1.165) is 6.42 Å². The van der Waals surface area contributed by atoms with Gasteiger partial charge in [0.15, 0.2) is 0 Å². The lowest BCUT2D eigenvalue weighted by molar-refractivity contribution is -0.128. The number of carbonyl (C=O) groups excluding carboxylic acids is 2. The molecular formula is C22H35N3O2S. The molecular weight excluding hydrogens is 370 g/mol. The maximum atomic E-state index is 12.4. The second kappa shape index (κ2) is 8.76. The van der Waals surface area contributed by atoms with Crippen LogP contribution in [0.4, 0.5) is 4.79 Å². The molecule has 3 amide bonds. The summed E-state index contributed by atoms with van der Waals surface area (Å²) in [6, 6.07) is 8.55. The molecule has 156 valence electrons. The fourth-order valence-corrected chi connectivity index (χ4v) is 4.33. The smallest absolute Gasteiger partial charge is 0.317 e. The molecule has 0 spiro atoms. The van der Waals surface area contributed by atoms with Gasteiger partial charge in [-0.1, -0.05) is 45.0 Å². The topological polar surface area (TPSA) is 52.7 Å². The minimum Gasteiger partial charge on any atom is -0.333 e. The molecule has 0 unspecified atom stereocenters. The molecule has 1 aliphatic heterocycles. The number of carbonyl (C=O) groups is 2. The van der Waals surface area contributed by atoms with Crippen molar-refractivity contribution in [3.05, 3.63) is 35.4 Å². The summed E-state index contributed by atoms with van der Waals surface area (Å²) in [6.45, 7) is 13.8. The Morgan fingerprint density at radius 1 is 1.18 bits per heavy atom. The van der Waals surface area contributed by atoms with Gasteiger partial charge in [0.2, 0.25) is 5.91 Å². The van der Waals surface area contributed by atoms with Crippen molar-refractivity contribution in [2.24, 2.45) is 0 Å². The zero-order chi connectivity index (χ0) is 21.1. The van der Waals surface area contributed by atoms with Crippen LogP contribution in [-0.2, 0) is 10.2 Å². The average molecular weight is 406 g/mol. The molecule has 0 bridgehead atoms. The number of hydrogen-bond donors (Lipinski definition) is 1. The van der Waals surface area contributed by atoms with Gasteiger partial charge in [-0.3, -0.25) is 4.79 Å². The molecule has 2 rings (SSSR count). The Labute approximate surface area is 174 Å². The number of amides is 3. The normalized spacial score (nSPS) is 17.8. The van der Waals surface area contributed by atoms with Crippen LogP contribution in [0, 0.1) is 0 Å². The van der Waals surface area contributed by atoms with Crippen LogP contribution in [0.25, 0.3) is 0 Å². The van der Waals surface area contributed by atoms with E-state index in [0.29, 0.717) is 18.8 Å². The minimum atomic E-state index is -0.253. The summed E-state index contributed by atoms with van der Waals surface area (Å²) >= 11 is 1.68. The van der Waals surface area contributed by atoms with Crippen LogP contribution in [0.5, 0.6) is 0 Å². The highest BCUT2D eigenvalue weighted by atomic mass is 32.2. The number of urea groups is 1. The molecule has 1 saturated heterocycles. The lowest BCUT2D eigenvalue weighted by Crippen LogP contribution is -2.47. The highest BCUT2D eigenvalue weighted by Crippen LogP contribution is 2.39. The molecule has 6 heteroatoms. The van der Waals surface area contributed by atoms with E-state index in [4.69, 9.17) is 0 Å². The Hall–Kier alpha value is -1.69. The standard InChI is InChI=1S/C22H35N3O2S/c1-21(2,3)17-11-9-16(10-12-17)19-25(18(26)15-28-19)14-8-13-24(7)20(27)23-22(4,5)6/h9-12,19H,8,13-15H2,1-7H3,(H,23,27)/t19-/m0/s1. The number of thioether (sulfide) groups is 1. The first-order valence-electron chi connectivity index (χ1n) is 9.93. The van der Waals surface area contributed by atoms with Gasteiger partial charge < -0.3 is 15.1 Å². The summed E-state index contributed by atoms with van der Waals surface area (Å²) in [7, 11) is 1.80. The third kappa shape index (κ3) is 6.16. The highest BCUT2D eigenvalue weighted by molar-refractivity contribution is 8.00. The number of benzene rings is 1. The monoisotopic (exact) mass is 405 g/mol. The van der Waals surface area contributed by atoms with E-state index in [-0.39, 0.29) is 28.3 Å². The van der Waals surface area contributed by atoms with E-state index >= 15 is 0 Å². The fourth-order valence-electron chi connectivity index (χ4n) is 3.12. The quantitative estimate of drug-likeness (QED) is 0.790. The van der Waals surface area contributed by atoms with Crippen molar-refractivity contribution < 1.29 is 9.59 Å². The predicted molar refractivity (Wildman–Crippen MR) is 118 cm³/mol. The molecule has 0 aliphatic carbocycles. The van der Waals surface area contributed by atoms with Crippen molar-refractivity contribution in [3.63, 3.8) is 0 Å². The lowest BCUT2D eigenvalue weighted by atomic mass is 9.86. The predicted octanol–water partition coefficient (Wildman–Crippen LogP) is 4.39. The maximum Gasteiger partial charge on any atom is 0.317 e. The average Bonchev–Trinajstić information content (AvgIpc) is 2.93. The first-order chi connectivity index (χ1) is 12.9. The van der Waals surface area contributed by atoms with Crippen molar-refractivity contribution in [3.8, 4) is 0 Å². The van der Waals surface area contributed by atoms with Gasteiger partial charge in [-0.25, -0.2) is 4.79 Å². The lowest BCUT2D eigenvalue weighted by Gasteiger charge is -2.28. The minimum absolute atomic E-state index is 0.0650. The summed E-state index contributed by atoms with van der Waals surface area (Å²) < 4.78 is 0. The SMILES string of the molecule is CN(CCCN1C(=O)CS[C@H]1c1ccc(C(C)(C)C)cc1)C(=O)NC(C)(C)C. The van der Waals surface area contributed by atoms with E-state index in [1.54, 1.807) is 23.7 Å². The van der Waals surface area contributed by atoms with Crippen LogP contribution < -0.4 is 5.32 Å². The zero-order valence-electron chi connectivity index (χ0n) is 18.3. The largest absolute Gasteiger partial charge is 0.333 e. The summed E-state index contributed by atoms with van der Waals surface area (Å²) in [4.78, 5) is 28.2. The molecule has 0 radical (unpaired) electrons.